The van der Waals surface area contributed by atoms with Gasteiger partial charge in [-0.1, -0.05) is 13.3 Å². The number of hydrogen-bond donors (Lipinski definition) is 1. The molecule has 32 heavy (non-hydrogen) atoms. The lowest BCUT2D eigenvalue weighted by molar-refractivity contribution is -0.106. The van der Waals surface area contributed by atoms with Gasteiger partial charge in [-0.05, 0) is 48.4 Å². The van der Waals surface area contributed by atoms with Gasteiger partial charge in [-0.15, -0.1) is 0 Å². The number of aromatic amines is 1. The van der Waals surface area contributed by atoms with Gasteiger partial charge in [-0.25, -0.2) is 0 Å². The maximum atomic E-state index is 11.8. The number of ether oxygens (including phenoxy) is 2. The van der Waals surface area contributed by atoms with Crippen molar-refractivity contribution < 1.29 is 18.7 Å². The van der Waals surface area contributed by atoms with Crippen molar-refractivity contribution in [3.63, 3.8) is 0 Å². The van der Waals surface area contributed by atoms with Gasteiger partial charge in [0.15, 0.2) is 0 Å². The zero-order valence-electron chi connectivity index (χ0n) is 18.9. The molecule has 0 spiro atoms. The van der Waals surface area contributed by atoms with Crippen molar-refractivity contribution in [2.24, 2.45) is 11.8 Å². The molecule has 4 heterocycles. The van der Waals surface area contributed by atoms with Crippen LogP contribution in [-0.4, -0.2) is 43.5 Å². The Hall–Kier alpha value is -2.99. The number of hydrogen-bond acceptors (Lipinski definition) is 5. The number of rotatable bonds is 6. The summed E-state index contributed by atoms with van der Waals surface area (Å²) in [6.07, 6.45) is 8.98. The number of methoxy groups -OCH3 is 2. The lowest BCUT2D eigenvalue weighted by atomic mass is 9.74. The van der Waals surface area contributed by atoms with Crippen molar-refractivity contribution in [1.29, 1.82) is 0 Å². The molecule has 0 radical (unpaired) electrons. The van der Waals surface area contributed by atoms with Gasteiger partial charge in [0, 0.05) is 46.4 Å². The van der Waals surface area contributed by atoms with Crippen LogP contribution >= 0.6 is 0 Å². The third-order valence-electron chi connectivity index (χ3n) is 7.37. The van der Waals surface area contributed by atoms with E-state index in [9.17, 15) is 4.79 Å². The van der Waals surface area contributed by atoms with Gasteiger partial charge in [0.05, 0.1) is 39.0 Å². The third kappa shape index (κ3) is 3.25. The number of fused-ring (bicyclic) bond motifs is 5. The monoisotopic (exact) mass is 434 g/mol. The molecule has 1 saturated heterocycles. The summed E-state index contributed by atoms with van der Waals surface area (Å²) in [6, 6.07) is 6.44. The highest BCUT2D eigenvalue weighted by Gasteiger charge is 2.41. The number of aromatic nitrogens is 1. The van der Waals surface area contributed by atoms with Gasteiger partial charge in [-0.2, -0.15) is 0 Å². The molecule has 0 aliphatic carbocycles. The minimum atomic E-state index is 0.194. The number of piperidine rings is 1. The number of nitrogens with one attached hydrogen (secondary N) is 1. The van der Waals surface area contributed by atoms with Crippen molar-refractivity contribution in [2.45, 2.75) is 32.2 Å². The van der Waals surface area contributed by atoms with Crippen molar-refractivity contribution in [3.8, 4) is 16.9 Å². The molecular formula is C26H30N2O4. The van der Waals surface area contributed by atoms with E-state index in [0.717, 1.165) is 72.0 Å². The SMILES string of the molecule is CCC1CN2CCc3c([nH]c4ccc(-c5ccoc5)c(OC)c34)C2CC1/C(C=O)=C\OC. The smallest absolute Gasteiger partial charge is 0.149 e. The predicted molar refractivity (Wildman–Crippen MR) is 124 cm³/mol. The molecular weight excluding hydrogens is 404 g/mol. The summed E-state index contributed by atoms with van der Waals surface area (Å²) in [7, 11) is 3.35. The fraction of sp³-hybridized carbons (Fsp3) is 0.423. The number of benzene rings is 1. The van der Waals surface area contributed by atoms with Crippen LogP contribution in [0.25, 0.3) is 22.0 Å². The van der Waals surface area contributed by atoms with E-state index >= 15 is 0 Å². The predicted octanol–water partition coefficient (Wildman–Crippen LogP) is 5.11. The summed E-state index contributed by atoms with van der Waals surface area (Å²) < 4.78 is 16.5. The average molecular weight is 435 g/mol. The molecule has 5 rings (SSSR count). The Kier molecular flexibility index (Phi) is 5.55. The zero-order chi connectivity index (χ0) is 22.2. The van der Waals surface area contributed by atoms with E-state index in [0.29, 0.717) is 5.92 Å². The van der Waals surface area contributed by atoms with Crippen LogP contribution in [0.15, 0.2) is 47.0 Å². The van der Waals surface area contributed by atoms with E-state index in [1.165, 1.54) is 11.3 Å². The molecule has 1 N–H and O–H groups in total. The first-order valence-corrected chi connectivity index (χ1v) is 11.4. The summed E-state index contributed by atoms with van der Waals surface area (Å²) in [6.45, 7) is 4.22. The van der Waals surface area contributed by atoms with Crippen LogP contribution in [-0.2, 0) is 16.0 Å². The fourth-order valence-corrected chi connectivity index (χ4v) is 5.84. The number of carbonyl (C=O) groups excluding carboxylic acids is 1. The minimum absolute atomic E-state index is 0.194. The van der Waals surface area contributed by atoms with E-state index in [2.05, 4.69) is 28.9 Å². The number of carbonyl (C=O) groups is 1. The Morgan fingerprint density at radius 3 is 2.88 bits per heavy atom. The van der Waals surface area contributed by atoms with E-state index in [4.69, 9.17) is 13.9 Å². The van der Waals surface area contributed by atoms with Crippen molar-refractivity contribution in [3.05, 3.63) is 53.8 Å². The molecule has 3 atom stereocenters. The summed E-state index contributed by atoms with van der Waals surface area (Å²) in [5.74, 6) is 1.53. The molecule has 6 nitrogen and oxygen atoms in total. The largest absolute Gasteiger partial charge is 0.504 e. The molecule has 3 unspecified atom stereocenters. The molecule has 1 aromatic carbocycles. The number of aldehydes is 1. The highest BCUT2D eigenvalue weighted by Crippen LogP contribution is 2.48. The second-order valence-electron chi connectivity index (χ2n) is 8.84. The molecule has 0 amide bonds. The molecule has 168 valence electrons. The normalized spacial score (nSPS) is 23.6. The van der Waals surface area contributed by atoms with Crippen LogP contribution in [0, 0.1) is 11.8 Å². The number of allylic oxidation sites excluding steroid dienone is 1. The lowest BCUT2D eigenvalue weighted by Crippen LogP contribution is -2.46. The van der Waals surface area contributed by atoms with E-state index in [1.54, 1.807) is 33.0 Å². The van der Waals surface area contributed by atoms with Gasteiger partial charge in [-0.3, -0.25) is 9.69 Å². The van der Waals surface area contributed by atoms with E-state index in [1.807, 2.05) is 6.07 Å². The molecule has 2 aliphatic rings. The highest BCUT2D eigenvalue weighted by atomic mass is 16.5. The van der Waals surface area contributed by atoms with Gasteiger partial charge in [0.1, 0.15) is 12.0 Å². The number of furan rings is 1. The van der Waals surface area contributed by atoms with Gasteiger partial charge >= 0.3 is 0 Å². The van der Waals surface area contributed by atoms with E-state index in [-0.39, 0.29) is 12.0 Å². The first-order valence-electron chi connectivity index (χ1n) is 11.4. The summed E-state index contributed by atoms with van der Waals surface area (Å²) in [4.78, 5) is 18.1. The highest BCUT2D eigenvalue weighted by molar-refractivity contribution is 5.97. The molecule has 6 heteroatoms. The molecule has 1 fully saturated rings. The molecule has 0 saturated carbocycles. The van der Waals surface area contributed by atoms with Gasteiger partial charge < -0.3 is 18.9 Å². The standard InChI is InChI=1S/C26H30N2O4/c1-4-16-12-28-9-7-20-24-22(6-5-19(26(24)31-3)17-8-10-32-15-17)27-25(20)23(28)11-21(16)18(13-29)14-30-2/h5-6,8,10,13-16,21,23,27H,4,7,9,11-12H2,1-3H3/b18-14-. The number of H-pyrrole nitrogens is 1. The Morgan fingerprint density at radius 2 is 2.19 bits per heavy atom. The Balaban J connectivity index is 1.60. The van der Waals surface area contributed by atoms with Crippen molar-refractivity contribution in [2.75, 3.05) is 27.3 Å². The Bertz CT molecular complexity index is 1140. The first kappa shape index (κ1) is 20.9. The van der Waals surface area contributed by atoms with Crippen LogP contribution in [0.1, 0.15) is 37.1 Å². The molecule has 2 aromatic heterocycles. The summed E-state index contributed by atoms with van der Waals surface area (Å²) >= 11 is 0. The molecule has 0 bridgehead atoms. The van der Waals surface area contributed by atoms with Crippen LogP contribution in [0.3, 0.4) is 0 Å². The average Bonchev–Trinajstić information content (AvgIpc) is 3.49. The fourth-order valence-electron chi connectivity index (χ4n) is 5.84. The van der Waals surface area contributed by atoms with Crippen LogP contribution < -0.4 is 4.74 Å². The van der Waals surface area contributed by atoms with Crippen LogP contribution in [0.4, 0.5) is 0 Å². The second kappa shape index (κ2) is 8.51. The van der Waals surface area contributed by atoms with Gasteiger partial charge in [0.2, 0.25) is 0 Å². The number of nitrogens with zero attached hydrogens (tertiary/aromatic N) is 1. The van der Waals surface area contributed by atoms with Crippen LogP contribution in [0.2, 0.25) is 0 Å². The zero-order valence-corrected chi connectivity index (χ0v) is 18.9. The minimum Gasteiger partial charge on any atom is -0.504 e. The summed E-state index contributed by atoms with van der Waals surface area (Å²) in [5, 5.41) is 1.16. The van der Waals surface area contributed by atoms with E-state index < -0.39 is 0 Å². The molecule has 3 aromatic rings. The van der Waals surface area contributed by atoms with Crippen molar-refractivity contribution >= 4 is 17.2 Å². The van der Waals surface area contributed by atoms with Crippen molar-refractivity contribution in [1.82, 2.24) is 9.88 Å². The Morgan fingerprint density at radius 1 is 1.31 bits per heavy atom. The van der Waals surface area contributed by atoms with Crippen LogP contribution in [0.5, 0.6) is 5.75 Å². The lowest BCUT2D eigenvalue weighted by Gasteiger charge is -2.46. The summed E-state index contributed by atoms with van der Waals surface area (Å²) in [5.41, 5.74) is 6.51. The maximum absolute atomic E-state index is 11.8. The maximum Gasteiger partial charge on any atom is 0.149 e. The third-order valence-corrected chi connectivity index (χ3v) is 7.37. The quantitative estimate of drug-likeness (QED) is 0.332. The van der Waals surface area contributed by atoms with Gasteiger partial charge in [0.25, 0.3) is 0 Å². The Labute approximate surface area is 188 Å². The first-order chi connectivity index (χ1) is 15.7. The molecule has 2 aliphatic heterocycles. The topological polar surface area (TPSA) is 67.7 Å². The second-order valence-corrected chi connectivity index (χ2v) is 8.84.